The SMILES string of the molecule is CCC(CC)CC(NC)c1c(F)cccc1Cl. The van der Waals surface area contributed by atoms with E-state index in [1.54, 1.807) is 12.1 Å². The van der Waals surface area contributed by atoms with Crippen molar-refractivity contribution < 1.29 is 4.39 Å². The summed E-state index contributed by atoms with van der Waals surface area (Å²) in [6.45, 7) is 4.34. The Labute approximate surface area is 108 Å². The molecule has 0 aromatic heterocycles. The van der Waals surface area contributed by atoms with Crippen LogP contribution in [0.2, 0.25) is 5.02 Å². The number of hydrogen-bond acceptors (Lipinski definition) is 1. The minimum atomic E-state index is -0.220. The molecule has 0 saturated carbocycles. The summed E-state index contributed by atoms with van der Waals surface area (Å²) in [5.41, 5.74) is 0.601. The van der Waals surface area contributed by atoms with Gasteiger partial charge in [0.05, 0.1) is 0 Å². The summed E-state index contributed by atoms with van der Waals surface area (Å²) in [6.07, 6.45) is 3.14. The summed E-state index contributed by atoms with van der Waals surface area (Å²) in [5.74, 6) is 0.380. The first-order chi connectivity index (χ1) is 8.13. The second-order valence-electron chi connectivity index (χ2n) is 4.39. The summed E-state index contributed by atoms with van der Waals surface area (Å²) in [7, 11) is 1.86. The molecule has 0 fully saturated rings. The van der Waals surface area contributed by atoms with Crippen LogP contribution in [0.5, 0.6) is 0 Å². The second-order valence-corrected chi connectivity index (χ2v) is 4.80. The topological polar surface area (TPSA) is 12.0 Å². The second kappa shape index (κ2) is 6.97. The number of nitrogens with one attached hydrogen (secondary N) is 1. The van der Waals surface area contributed by atoms with E-state index in [4.69, 9.17) is 11.6 Å². The molecule has 17 heavy (non-hydrogen) atoms. The summed E-state index contributed by atoms with van der Waals surface area (Å²) in [4.78, 5) is 0. The molecule has 0 radical (unpaired) electrons. The van der Waals surface area contributed by atoms with Crippen LogP contribution in [0, 0.1) is 11.7 Å². The van der Waals surface area contributed by atoms with Crippen LogP contribution < -0.4 is 5.32 Å². The van der Waals surface area contributed by atoms with Gasteiger partial charge in [-0.1, -0.05) is 44.4 Å². The molecule has 1 unspecified atom stereocenters. The van der Waals surface area contributed by atoms with Gasteiger partial charge in [-0.15, -0.1) is 0 Å². The molecule has 3 heteroatoms. The average Bonchev–Trinajstić information content (AvgIpc) is 2.33. The number of rotatable bonds is 6. The molecule has 1 aromatic rings. The van der Waals surface area contributed by atoms with Crippen LogP contribution >= 0.6 is 11.6 Å². The Hall–Kier alpha value is -0.600. The summed E-state index contributed by atoms with van der Waals surface area (Å²) < 4.78 is 13.8. The highest BCUT2D eigenvalue weighted by atomic mass is 35.5. The fourth-order valence-electron chi connectivity index (χ4n) is 2.18. The number of benzene rings is 1. The highest BCUT2D eigenvalue weighted by Crippen LogP contribution is 2.31. The number of hydrogen-bond donors (Lipinski definition) is 1. The fraction of sp³-hybridized carbons (Fsp3) is 0.571. The lowest BCUT2D eigenvalue weighted by Gasteiger charge is -2.23. The molecule has 1 aromatic carbocycles. The van der Waals surface area contributed by atoms with Crippen LogP contribution in [0.4, 0.5) is 4.39 Å². The first-order valence-electron chi connectivity index (χ1n) is 6.25. The maximum atomic E-state index is 13.8. The lowest BCUT2D eigenvalue weighted by atomic mass is 9.91. The Morgan fingerprint density at radius 1 is 1.29 bits per heavy atom. The lowest BCUT2D eigenvalue weighted by Crippen LogP contribution is -2.21. The quantitative estimate of drug-likeness (QED) is 0.787. The van der Waals surface area contributed by atoms with Gasteiger partial charge >= 0.3 is 0 Å². The smallest absolute Gasteiger partial charge is 0.129 e. The van der Waals surface area contributed by atoms with Crippen molar-refractivity contribution in [3.63, 3.8) is 0 Å². The fourth-order valence-corrected chi connectivity index (χ4v) is 2.47. The van der Waals surface area contributed by atoms with Crippen LogP contribution in [0.25, 0.3) is 0 Å². The third-order valence-electron chi connectivity index (χ3n) is 3.42. The predicted octanol–water partition coefficient (Wildman–Crippen LogP) is 4.57. The van der Waals surface area contributed by atoms with Gasteiger partial charge in [-0.2, -0.15) is 0 Å². The molecule has 1 rings (SSSR count). The lowest BCUT2D eigenvalue weighted by molar-refractivity contribution is 0.378. The van der Waals surface area contributed by atoms with Gasteiger partial charge in [-0.05, 0) is 31.5 Å². The van der Waals surface area contributed by atoms with Crippen molar-refractivity contribution in [3.05, 3.63) is 34.6 Å². The van der Waals surface area contributed by atoms with Crippen molar-refractivity contribution in [2.45, 2.75) is 39.2 Å². The van der Waals surface area contributed by atoms with Gasteiger partial charge < -0.3 is 5.32 Å². The van der Waals surface area contributed by atoms with E-state index in [1.807, 2.05) is 7.05 Å². The molecule has 0 spiro atoms. The van der Waals surface area contributed by atoms with Crippen LogP contribution in [0.1, 0.15) is 44.7 Å². The molecular weight excluding hydrogens is 237 g/mol. The molecule has 1 nitrogen and oxygen atoms in total. The predicted molar refractivity (Wildman–Crippen MR) is 71.9 cm³/mol. The summed E-state index contributed by atoms with van der Waals surface area (Å²) in [5, 5.41) is 3.68. The molecule has 0 aliphatic heterocycles. The average molecular weight is 258 g/mol. The maximum Gasteiger partial charge on any atom is 0.129 e. The van der Waals surface area contributed by atoms with Gasteiger partial charge in [0.15, 0.2) is 0 Å². The zero-order valence-corrected chi connectivity index (χ0v) is 11.5. The molecule has 1 atom stereocenters. The van der Waals surface area contributed by atoms with Gasteiger partial charge in [-0.3, -0.25) is 0 Å². The van der Waals surface area contributed by atoms with E-state index in [0.29, 0.717) is 16.5 Å². The maximum absolute atomic E-state index is 13.8. The standard InChI is InChI=1S/C14H21ClFN/c1-4-10(5-2)9-13(17-3)14-11(15)7-6-8-12(14)16/h6-8,10,13,17H,4-5,9H2,1-3H3. The molecule has 0 saturated heterocycles. The molecular formula is C14H21ClFN. The Balaban J connectivity index is 2.93. The van der Waals surface area contributed by atoms with Crippen molar-refractivity contribution in [3.8, 4) is 0 Å². The van der Waals surface area contributed by atoms with Crippen molar-refractivity contribution in [2.24, 2.45) is 5.92 Å². The molecule has 0 bridgehead atoms. The minimum absolute atomic E-state index is 0.00593. The highest BCUT2D eigenvalue weighted by Gasteiger charge is 2.20. The highest BCUT2D eigenvalue weighted by molar-refractivity contribution is 6.31. The molecule has 0 heterocycles. The monoisotopic (exact) mass is 257 g/mol. The zero-order chi connectivity index (χ0) is 12.8. The Kier molecular flexibility index (Phi) is 5.93. The van der Waals surface area contributed by atoms with E-state index < -0.39 is 0 Å². The van der Waals surface area contributed by atoms with E-state index >= 15 is 0 Å². The van der Waals surface area contributed by atoms with Crippen LogP contribution in [-0.2, 0) is 0 Å². The van der Waals surface area contributed by atoms with Crippen LogP contribution in [0.15, 0.2) is 18.2 Å². The zero-order valence-electron chi connectivity index (χ0n) is 10.8. The third-order valence-corrected chi connectivity index (χ3v) is 3.75. The van der Waals surface area contributed by atoms with Gasteiger partial charge in [0.1, 0.15) is 5.82 Å². The first-order valence-corrected chi connectivity index (χ1v) is 6.62. The molecule has 0 amide bonds. The summed E-state index contributed by atoms with van der Waals surface area (Å²) >= 11 is 6.09. The van der Waals surface area contributed by atoms with Crippen molar-refractivity contribution in [2.75, 3.05) is 7.05 Å². The van der Waals surface area contributed by atoms with E-state index in [-0.39, 0.29) is 11.9 Å². The van der Waals surface area contributed by atoms with Gasteiger partial charge in [0, 0.05) is 16.6 Å². The number of halogens is 2. The van der Waals surface area contributed by atoms with E-state index in [0.717, 1.165) is 19.3 Å². The van der Waals surface area contributed by atoms with Crippen molar-refractivity contribution >= 4 is 11.6 Å². The minimum Gasteiger partial charge on any atom is -0.313 e. The van der Waals surface area contributed by atoms with E-state index in [9.17, 15) is 4.39 Å². The van der Waals surface area contributed by atoms with E-state index in [1.165, 1.54) is 6.07 Å². The first kappa shape index (κ1) is 14.5. The van der Waals surface area contributed by atoms with Crippen molar-refractivity contribution in [1.82, 2.24) is 5.32 Å². The van der Waals surface area contributed by atoms with Gasteiger partial charge in [0.25, 0.3) is 0 Å². The van der Waals surface area contributed by atoms with Gasteiger partial charge in [0.2, 0.25) is 0 Å². The summed E-state index contributed by atoms with van der Waals surface area (Å²) in [6, 6.07) is 4.86. The Bertz CT molecular complexity index is 330. The van der Waals surface area contributed by atoms with Crippen molar-refractivity contribution in [1.29, 1.82) is 0 Å². The van der Waals surface area contributed by atoms with Crippen LogP contribution in [-0.4, -0.2) is 7.05 Å². The van der Waals surface area contributed by atoms with Gasteiger partial charge in [-0.25, -0.2) is 4.39 Å². The normalized spacial score (nSPS) is 13.1. The van der Waals surface area contributed by atoms with E-state index in [2.05, 4.69) is 19.2 Å². The third kappa shape index (κ3) is 3.68. The molecule has 96 valence electrons. The molecule has 1 N–H and O–H groups in total. The Morgan fingerprint density at radius 2 is 1.94 bits per heavy atom. The Morgan fingerprint density at radius 3 is 2.41 bits per heavy atom. The molecule has 0 aliphatic carbocycles. The largest absolute Gasteiger partial charge is 0.313 e. The molecule has 0 aliphatic rings. The van der Waals surface area contributed by atoms with Crippen LogP contribution in [0.3, 0.4) is 0 Å².